The van der Waals surface area contributed by atoms with Crippen LogP contribution >= 0.6 is 0 Å². The molecule has 5 aromatic rings. The average molecular weight is 658 g/mol. The summed E-state index contributed by atoms with van der Waals surface area (Å²) < 4.78 is 5.46. The molecular formula is C36H41N12O+. The number of imidazole rings is 1. The van der Waals surface area contributed by atoms with Crippen molar-refractivity contribution >= 4 is 29.3 Å². The molecule has 2 atom stereocenters. The number of amides is 2. The Morgan fingerprint density at radius 3 is 2.49 bits per heavy atom. The van der Waals surface area contributed by atoms with Crippen LogP contribution in [0, 0.1) is 23.2 Å². The summed E-state index contributed by atoms with van der Waals surface area (Å²) >= 11 is 0. The van der Waals surface area contributed by atoms with Crippen LogP contribution in [0.2, 0.25) is 0 Å². The minimum atomic E-state index is -0.182. The van der Waals surface area contributed by atoms with E-state index in [0.717, 1.165) is 53.9 Å². The Bertz CT molecular complexity index is 1960. The summed E-state index contributed by atoms with van der Waals surface area (Å²) in [6.07, 6.45) is 14.4. The van der Waals surface area contributed by atoms with Crippen molar-refractivity contribution in [2.45, 2.75) is 45.7 Å². The molecule has 0 saturated heterocycles. The van der Waals surface area contributed by atoms with Crippen molar-refractivity contribution in [2.75, 3.05) is 17.2 Å². The van der Waals surface area contributed by atoms with Gasteiger partial charge in [0.15, 0.2) is 0 Å². The van der Waals surface area contributed by atoms with Gasteiger partial charge < -0.3 is 15.2 Å². The molecule has 0 aliphatic heterocycles. The number of hydrogen-bond acceptors (Lipinski definition) is 9. The second-order valence-electron chi connectivity index (χ2n) is 12.2. The van der Waals surface area contributed by atoms with Crippen LogP contribution < -0.4 is 16.0 Å². The van der Waals surface area contributed by atoms with Gasteiger partial charge >= 0.3 is 6.03 Å². The van der Waals surface area contributed by atoms with E-state index >= 15 is 0 Å². The van der Waals surface area contributed by atoms with E-state index < -0.39 is 0 Å². The number of pyridine rings is 1. The fourth-order valence-corrected chi connectivity index (χ4v) is 6.10. The first kappa shape index (κ1) is 33.0. The Hall–Kier alpha value is -5.90. The van der Waals surface area contributed by atoms with Gasteiger partial charge in [0.1, 0.15) is 29.5 Å². The molecular weight excluding hydrogens is 616 g/mol. The number of nitrogens with one attached hydrogen (secondary N) is 3. The molecule has 6 rings (SSSR count). The summed E-state index contributed by atoms with van der Waals surface area (Å²) in [5.41, 5.74) is 4.41. The molecule has 1 aliphatic carbocycles. The van der Waals surface area contributed by atoms with Crippen LogP contribution in [0.1, 0.15) is 49.6 Å². The highest BCUT2D eigenvalue weighted by Gasteiger charge is 2.50. The largest absolute Gasteiger partial charge is 0.441 e. The Balaban J connectivity index is 1.16. The second kappa shape index (κ2) is 15.3. The lowest BCUT2D eigenvalue weighted by Gasteiger charge is -2.10. The molecule has 1 aliphatic rings. The summed E-state index contributed by atoms with van der Waals surface area (Å²) in [5.74, 6) is 2.89. The van der Waals surface area contributed by atoms with Crippen molar-refractivity contribution in [3.8, 4) is 17.2 Å². The number of nitriles is 1. The van der Waals surface area contributed by atoms with Crippen molar-refractivity contribution in [1.82, 2.24) is 39.6 Å². The van der Waals surface area contributed by atoms with Gasteiger partial charge in [0.05, 0.1) is 31.2 Å². The van der Waals surface area contributed by atoms with Crippen LogP contribution in [0.25, 0.3) is 11.1 Å². The van der Waals surface area contributed by atoms with Gasteiger partial charge in [-0.05, 0) is 30.9 Å². The Morgan fingerprint density at radius 2 is 1.80 bits per heavy atom. The summed E-state index contributed by atoms with van der Waals surface area (Å²) in [6.45, 7) is 3.68. The molecule has 0 radical (unpaired) electrons. The number of benzene rings is 1. The SMILES string of the molecule is CCCC1C(=[N+](C(=O)NCc2ccccc2)c2ccc(-c3cnn(C)c3)cn2)C1CCCNc1ncc(C#N)c(NCc2nccn2C)n1. The second-order valence-corrected chi connectivity index (χ2v) is 12.2. The first-order valence-electron chi connectivity index (χ1n) is 16.6. The molecule has 13 heteroatoms. The minimum absolute atomic E-state index is 0.182. The first-order valence-corrected chi connectivity index (χ1v) is 16.6. The van der Waals surface area contributed by atoms with E-state index in [-0.39, 0.29) is 11.9 Å². The standard InChI is InChI=1S/C36H40N12O/c1-4-9-29-30(12-8-15-39-35-42-21-27(18-37)34(45-35)41-23-32-38-16-17-46(32)2)33(29)48(36(49)43-19-25-10-6-5-7-11-25)31-14-13-26(20-40-31)28-22-44-47(3)24-28/h5-7,10-11,13-14,16-17,20-22,24,29-30H,4,8-9,12,15,19,23H2,1-3H3,(H2-,39,41,42,43,45,49)/p+1. The van der Waals surface area contributed by atoms with Gasteiger partial charge in [0.25, 0.3) is 5.82 Å². The maximum Gasteiger partial charge on any atom is 0.441 e. The summed E-state index contributed by atoms with van der Waals surface area (Å²) in [5, 5.41) is 23.5. The van der Waals surface area contributed by atoms with Crippen LogP contribution in [0.15, 0.2) is 79.6 Å². The van der Waals surface area contributed by atoms with Crippen molar-refractivity contribution in [2.24, 2.45) is 25.9 Å². The number of nitrogens with zero attached hydrogens (tertiary/aromatic N) is 9. The van der Waals surface area contributed by atoms with E-state index in [0.29, 0.717) is 48.7 Å². The molecule has 1 aromatic carbocycles. The van der Waals surface area contributed by atoms with E-state index in [4.69, 9.17) is 4.98 Å². The van der Waals surface area contributed by atoms with Crippen LogP contribution in [-0.4, -0.2) is 57.1 Å². The lowest BCUT2D eigenvalue weighted by Crippen LogP contribution is -2.32. The van der Waals surface area contributed by atoms with Gasteiger partial charge in [0, 0.05) is 68.3 Å². The topological polar surface area (TPSA) is 154 Å². The predicted octanol–water partition coefficient (Wildman–Crippen LogP) is 5.42. The zero-order chi connectivity index (χ0) is 34.2. The summed E-state index contributed by atoms with van der Waals surface area (Å²) in [6, 6.07) is 15.8. The highest BCUT2D eigenvalue weighted by atomic mass is 16.2. The summed E-state index contributed by atoms with van der Waals surface area (Å²) in [4.78, 5) is 31.9. The molecule has 1 fully saturated rings. The van der Waals surface area contributed by atoms with Gasteiger partial charge in [-0.3, -0.25) is 10.00 Å². The molecule has 250 valence electrons. The Kier molecular flexibility index (Phi) is 10.3. The van der Waals surface area contributed by atoms with Crippen LogP contribution in [0.3, 0.4) is 0 Å². The van der Waals surface area contributed by atoms with E-state index in [1.165, 1.54) is 6.20 Å². The van der Waals surface area contributed by atoms with Gasteiger partial charge in [0.2, 0.25) is 5.95 Å². The third-order valence-corrected chi connectivity index (χ3v) is 8.72. The van der Waals surface area contributed by atoms with Crippen molar-refractivity contribution < 1.29 is 9.37 Å². The van der Waals surface area contributed by atoms with Gasteiger partial charge in [-0.15, -0.1) is 4.98 Å². The molecule has 2 unspecified atom stereocenters. The number of anilines is 2. The Morgan fingerprint density at radius 1 is 0.959 bits per heavy atom. The van der Waals surface area contributed by atoms with Crippen molar-refractivity contribution in [1.29, 1.82) is 5.26 Å². The normalized spacial score (nSPS) is 16.1. The van der Waals surface area contributed by atoms with Gasteiger partial charge in [-0.25, -0.2) is 14.8 Å². The third kappa shape index (κ3) is 7.98. The fourth-order valence-electron chi connectivity index (χ4n) is 6.10. The van der Waals surface area contributed by atoms with Gasteiger partial charge in [-0.1, -0.05) is 43.7 Å². The quantitative estimate of drug-likeness (QED) is 0.105. The maximum absolute atomic E-state index is 13.9. The zero-order valence-corrected chi connectivity index (χ0v) is 28.0. The van der Waals surface area contributed by atoms with Crippen molar-refractivity contribution in [3.05, 3.63) is 96.6 Å². The smallest absolute Gasteiger partial charge is 0.362 e. The Labute approximate surface area is 285 Å². The molecule has 3 N–H and O–H groups in total. The molecule has 1 saturated carbocycles. The molecule has 0 spiro atoms. The molecule has 13 nitrogen and oxygen atoms in total. The number of urea groups is 1. The monoisotopic (exact) mass is 657 g/mol. The fraction of sp³-hybridized carbons (Fsp3) is 0.333. The molecule has 4 heterocycles. The lowest BCUT2D eigenvalue weighted by molar-refractivity contribution is -0.337. The van der Waals surface area contributed by atoms with E-state index in [1.54, 1.807) is 27.8 Å². The van der Waals surface area contributed by atoms with E-state index in [2.05, 4.69) is 49.0 Å². The number of rotatable bonds is 14. The number of aryl methyl sites for hydroxylation is 2. The number of aromatic nitrogens is 7. The predicted molar refractivity (Wildman–Crippen MR) is 187 cm³/mol. The maximum atomic E-state index is 13.9. The average Bonchev–Trinajstić information content (AvgIpc) is 3.37. The highest BCUT2D eigenvalue weighted by Crippen LogP contribution is 2.43. The zero-order valence-electron chi connectivity index (χ0n) is 28.0. The molecule has 2 amide bonds. The van der Waals surface area contributed by atoms with Crippen LogP contribution in [0.5, 0.6) is 0 Å². The van der Waals surface area contributed by atoms with Crippen LogP contribution in [0.4, 0.5) is 22.4 Å². The molecule has 49 heavy (non-hydrogen) atoms. The van der Waals surface area contributed by atoms with Crippen LogP contribution in [-0.2, 0) is 27.2 Å². The van der Waals surface area contributed by atoms with E-state index in [9.17, 15) is 10.1 Å². The molecule has 0 bridgehead atoms. The van der Waals surface area contributed by atoms with E-state index in [1.807, 2.05) is 73.5 Å². The number of carbonyl (C=O) groups is 1. The third-order valence-electron chi connectivity index (χ3n) is 8.72. The van der Waals surface area contributed by atoms with Gasteiger partial charge in [-0.2, -0.15) is 19.9 Å². The summed E-state index contributed by atoms with van der Waals surface area (Å²) in [7, 11) is 3.80. The first-order chi connectivity index (χ1) is 23.9. The molecule has 4 aromatic heterocycles. The number of carbonyl (C=O) groups excluding carboxylic acids is 1. The highest BCUT2D eigenvalue weighted by molar-refractivity contribution is 6.03. The number of hydrogen-bond donors (Lipinski definition) is 3. The lowest BCUT2D eigenvalue weighted by atomic mass is 10.1. The van der Waals surface area contributed by atoms with Crippen molar-refractivity contribution in [3.63, 3.8) is 0 Å². The minimum Gasteiger partial charge on any atom is -0.362 e.